The summed E-state index contributed by atoms with van der Waals surface area (Å²) in [7, 11) is -3.05. The Balaban J connectivity index is 2.96. The number of sulfone groups is 1. The Morgan fingerprint density at radius 2 is 2.05 bits per heavy atom. The molecule has 1 aromatic rings. The molecule has 1 aromatic carbocycles. The maximum Gasteiger partial charge on any atom is 0.335 e. The number of carbonyl (C=O) groups is 1. The normalized spacial score (nSPS) is 11.3. The summed E-state index contributed by atoms with van der Waals surface area (Å²) in [5.74, 6) is -1.02. The molecular formula is C12H18N2O4S. The highest BCUT2D eigenvalue weighted by Gasteiger charge is 2.13. The van der Waals surface area contributed by atoms with Crippen molar-refractivity contribution in [3.63, 3.8) is 0 Å². The number of aromatic carboxylic acids is 1. The van der Waals surface area contributed by atoms with Gasteiger partial charge in [0.05, 0.1) is 22.7 Å². The maximum absolute atomic E-state index is 11.2. The Morgan fingerprint density at radius 1 is 1.42 bits per heavy atom. The lowest BCUT2D eigenvalue weighted by Crippen LogP contribution is -2.29. The van der Waals surface area contributed by atoms with E-state index in [0.717, 1.165) is 0 Å². The van der Waals surface area contributed by atoms with Crippen molar-refractivity contribution in [2.75, 3.05) is 35.7 Å². The van der Waals surface area contributed by atoms with Crippen LogP contribution in [-0.4, -0.2) is 44.6 Å². The Hall–Kier alpha value is -1.76. The van der Waals surface area contributed by atoms with E-state index in [1.54, 1.807) is 6.07 Å². The summed E-state index contributed by atoms with van der Waals surface area (Å²) >= 11 is 0. The van der Waals surface area contributed by atoms with Crippen LogP contribution in [0.15, 0.2) is 18.2 Å². The van der Waals surface area contributed by atoms with Gasteiger partial charge in [-0.25, -0.2) is 13.2 Å². The number of nitrogen functional groups attached to an aromatic ring is 1. The van der Waals surface area contributed by atoms with Crippen LogP contribution in [0.4, 0.5) is 11.4 Å². The Labute approximate surface area is 112 Å². The Morgan fingerprint density at radius 3 is 2.47 bits per heavy atom. The molecule has 106 valence electrons. The van der Waals surface area contributed by atoms with Crippen molar-refractivity contribution in [2.24, 2.45) is 0 Å². The standard InChI is InChI=1S/C12H18N2O4S/c1-3-14(6-7-19(2,17)18)11-5-4-9(12(15)16)8-10(11)13/h4-5,8H,3,6-7,13H2,1-2H3,(H,15,16). The molecule has 6 nitrogen and oxygen atoms in total. The number of anilines is 2. The van der Waals surface area contributed by atoms with Gasteiger partial charge in [0, 0.05) is 19.3 Å². The quantitative estimate of drug-likeness (QED) is 0.751. The molecule has 0 unspecified atom stereocenters. The van der Waals surface area contributed by atoms with E-state index in [4.69, 9.17) is 10.8 Å². The van der Waals surface area contributed by atoms with Crippen LogP contribution in [0.1, 0.15) is 17.3 Å². The summed E-state index contributed by atoms with van der Waals surface area (Å²) in [6, 6.07) is 4.43. The first-order chi connectivity index (χ1) is 8.74. The van der Waals surface area contributed by atoms with Crippen LogP contribution < -0.4 is 10.6 Å². The van der Waals surface area contributed by atoms with Crippen LogP contribution in [0, 0.1) is 0 Å². The zero-order chi connectivity index (χ0) is 14.6. The van der Waals surface area contributed by atoms with E-state index >= 15 is 0 Å². The molecule has 0 aliphatic carbocycles. The molecule has 0 fully saturated rings. The van der Waals surface area contributed by atoms with Crippen LogP contribution >= 0.6 is 0 Å². The van der Waals surface area contributed by atoms with Gasteiger partial charge in [-0.05, 0) is 25.1 Å². The van der Waals surface area contributed by atoms with Gasteiger partial charge in [0.2, 0.25) is 0 Å². The molecule has 0 aliphatic rings. The third kappa shape index (κ3) is 4.44. The second-order valence-electron chi connectivity index (χ2n) is 4.29. The first kappa shape index (κ1) is 15.3. The van der Waals surface area contributed by atoms with E-state index in [-0.39, 0.29) is 11.3 Å². The number of nitrogens with zero attached hydrogens (tertiary/aromatic N) is 1. The topological polar surface area (TPSA) is 101 Å². The molecule has 0 saturated carbocycles. The van der Waals surface area contributed by atoms with Crippen molar-refractivity contribution in [3.8, 4) is 0 Å². The van der Waals surface area contributed by atoms with Gasteiger partial charge in [-0.3, -0.25) is 0 Å². The van der Waals surface area contributed by atoms with E-state index in [0.29, 0.717) is 24.5 Å². The largest absolute Gasteiger partial charge is 0.478 e. The minimum Gasteiger partial charge on any atom is -0.478 e. The molecule has 3 N–H and O–H groups in total. The zero-order valence-corrected chi connectivity index (χ0v) is 11.8. The predicted octanol–water partition coefficient (Wildman–Crippen LogP) is 0.838. The average molecular weight is 286 g/mol. The molecule has 19 heavy (non-hydrogen) atoms. The van der Waals surface area contributed by atoms with Gasteiger partial charge in [0.1, 0.15) is 9.84 Å². The van der Waals surface area contributed by atoms with Crippen LogP contribution in [0.3, 0.4) is 0 Å². The predicted molar refractivity (Wildman–Crippen MR) is 75.4 cm³/mol. The van der Waals surface area contributed by atoms with E-state index < -0.39 is 15.8 Å². The van der Waals surface area contributed by atoms with E-state index in [9.17, 15) is 13.2 Å². The Kier molecular flexibility index (Phi) is 4.77. The average Bonchev–Trinajstić information content (AvgIpc) is 2.29. The van der Waals surface area contributed by atoms with Crippen molar-refractivity contribution in [1.29, 1.82) is 0 Å². The second kappa shape index (κ2) is 5.92. The lowest BCUT2D eigenvalue weighted by molar-refractivity contribution is 0.0697. The number of hydrogen-bond donors (Lipinski definition) is 2. The van der Waals surface area contributed by atoms with Crippen molar-refractivity contribution in [3.05, 3.63) is 23.8 Å². The highest BCUT2D eigenvalue weighted by Crippen LogP contribution is 2.24. The van der Waals surface area contributed by atoms with Crippen LogP contribution in [-0.2, 0) is 9.84 Å². The van der Waals surface area contributed by atoms with Gasteiger partial charge in [0.15, 0.2) is 0 Å². The Bertz CT molecular complexity index is 569. The fourth-order valence-corrected chi connectivity index (χ4v) is 2.25. The van der Waals surface area contributed by atoms with Gasteiger partial charge < -0.3 is 15.7 Å². The summed E-state index contributed by atoms with van der Waals surface area (Å²) in [6.45, 7) is 2.80. The molecule has 1 rings (SSSR count). The summed E-state index contributed by atoms with van der Waals surface area (Å²) < 4.78 is 22.4. The fraction of sp³-hybridized carbons (Fsp3) is 0.417. The van der Waals surface area contributed by atoms with Crippen molar-refractivity contribution < 1.29 is 18.3 Å². The molecule has 0 amide bonds. The molecule has 0 atom stereocenters. The molecule has 0 radical (unpaired) electrons. The van der Waals surface area contributed by atoms with Crippen molar-refractivity contribution >= 4 is 27.2 Å². The van der Waals surface area contributed by atoms with Crippen molar-refractivity contribution in [1.82, 2.24) is 0 Å². The lowest BCUT2D eigenvalue weighted by Gasteiger charge is -2.24. The molecule has 0 aliphatic heterocycles. The highest BCUT2D eigenvalue weighted by atomic mass is 32.2. The number of benzene rings is 1. The van der Waals surface area contributed by atoms with Crippen LogP contribution in [0.5, 0.6) is 0 Å². The van der Waals surface area contributed by atoms with Gasteiger partial charge in [0.25, 0.3) is 0 Å². The molecule has 7 heteroatoms. The third-order valence-electron chi connectivity index (χ3n) is 2.73. The van der Waals surface area contributed by atoms with E-state index in [1.807, 2.05) is 11.8 Å². The SMILES string of the molecule is CCN(CCS(C)(=O)=O)c1ccc(C(=O)O)cc1N. The molecular weight excluding hydrogens is 268 g/mol. The summed E-state index contributed by atoms with van der Waals surface area (Å²) in [6.07, 6.45) is 1.18. The number of hydrogen-bond acceptors (Lipinski definition) is 5. The van der Waals surface area contributed by atoms with Gasteiger partial charge in [-0.15, -0.1) is 0 Å². The third-order valence-corrected chi connectivity index (χ3v) is 3.65. The fourth-order valence-electron chi connectivity index (χ4n) is 1.70. The first-order valence-corrected chi connectivity index (χ1v) is 7.86. The van der Waals surface area contributed by atoms with Crippen LogP contribution in [0.25, 0.3) is 0 Å². The van der Waals surface area contributed by atoms with Gasteiger partial charge in [-0.1, -0.05) is 0 Å². The molecule has 0 heterocycles. The summed E-state index contributed by atoms with van der Waals surface area (Å²) in [5.41, 5.74) is 6.91. The monoisotopic (exact) mass is 286 g/mol. The van der Waals surface area contributed by atoms with Gasteiger partial charge in [-0.2, -0.15) is 0 Å². The van der Waals surface area contributed by atoms with E-state index in [2.05, 4.69) is 0 Å². The first-order valence-electron chi connectivity index (χ1n) is 5.80. The second-order valence-corrected chi connectivity index (χ2v) is 6.55. The molecule has 0 saturated heterocycles. The minimum absolute atomic E-state index is 0.0287. The summed E-state index contributed by atoms with van der Waals surface area (Å²) in [5, 5.41) is 8.86. The molecule has 0 spiro atoms. The number of nitrogens with two attached hydrogens (primary N) is 1. The maximum atomic E-state index is 11.2. The lowest BCUT2D eigenvalue weighted by atomic mass is 10.1. The van der Waals surface area contributed by atoms with Gasteiger partial charge >= 0.3 is 5.97 Å². The smallest absolute Gasteiger partial charge is 0.335 e. The van der Waals surface area contributed by atoms with E-state index in [1.165, 1.54) is 18.4 Å². The van der Waals surface area contributed by atoms with Crippen LogP contribution in [0.2, 0.25) is 0 Å². The van der Waals surface area contributed by atoms with Crippen molar-refractivity contribution in [2.45, 2.75) is 6.92 Å². The number of carboxylic acid groups (broad SMARTS) is 1. The zero-order valence-electron chi connectivity index (χ0n) is 11.0. The number of rotatable bonds is 6. The molecule has 0 aromatic heterocycles. The minimum atomic E-state index is -3.05. The summed E-state index contributed by atoms with van der Waals surface area (Å²) in [4.78, 5) is 12.6. The number of carboxylic acids is 1. The highest BCUT2D eigenvalue weighted by molar-refractivity contribution is 7.90. The molecule has 0 bridgehead atoms.